The van der Waals surface area contributed by atoms with Crippen molar-refractivity contribution in [3.05, 3.63) is 73.9 Å². The highest BCUT2D eigenvalue weighted by Crippen LogP contribution is 2.00. The number of halogens is 2. The van der Waals surface area contributed by atoms with Crippen molar-refractivity contribution in [3.8, 4) is 0 Å². The summed E-state index contributed by atoms with van der Waals surface area (Å²) in [5.74, 6) is -2.13. The maximum absolute atomic E-state index is 11.7. The Labute approximate surface area is 353 Å². The van der Waals surface area contributed by atoms with Gasteiger partial charge < -0.3 is 67.9 Å². The Morgan fingerprint density at radius 3 is 1.51 bits per heavy atom. The van der Waals surface area contributed by atoms with Crippen molar-refractivity contribution < 1.29 is 106 Å². The smallest absolute Gasteiger partial charge is 0.333 e. The fourth-order valence-electron chi connectivity index (χ4n) is 3.67. The Balaban J connectivity index is -0.000000989. The number of hydrogen-bond acceptors (Lipinski definition) is 14. The van der Waals surface area contributed by atoms with Gasteiger partial charge in [-0.2, -0.15) is 0 Å². The maximum atomic E-state index is 11.7. The molecule has 0 amide bonds. The van der Waals surface area contributed by atoms with E-state index in [1.807, 2.05) is 55.7 Å². The summed E-state index contributed by atoms with van der Waals surface area (Å²) >= 11 is 0. The molecule has 0 aliphatic heterocycles. The molecule has 2 aromatic rings. The van der Waals surface area contributed by atoms with E-state index in [0.29, 0.717) is 55.7 Å². The lowest BCUT2D eigenvalue weighted by atomic mass is 10.3. The quantitative estimate of drug-likeness (QED) is 0.0192. The van der Waals surface area contributed by atoms with Crippen molar-refractivity contribution in [2.24, 2.45) is 4.99 Å². The SMILES string of the molecule is C=C(C)C(=O)OCCCC(=O)OCCn1cc[n+](CCOC(=O)CCCOC(=O)C(=C)C)c1.C=C(C)C(=O)OCCN=C=O.OCCn1cc[n+](CCO)c1.[Br-].[Br-]. The van der Waals surface area contributed by atoms with Crippen LogP contribution in [-0.4, -0.2) is 108 Å². The van der Waals surface area contributed by atoms with Gasteiger partial charge in [-0.3, -0.25) is 9.59 Å². The van der Waals surface area contributed by atoms with Crippen LogP contribution >= 0.6 is 0 Å². The van der Waals surface area contributed by atoms with Crippen LogP contribution in [0.4, 0.5) is 0 Å². The average Bonchev–Trinajstić information content (AvgIpc) is 3.80. The molecule has 18 nitrogen and oxygen atoms in total. The van der Waals surface area contributed by atoms with Crippen molar-refractivity contribution in [2.45, 2.75) is 72.6 Å². The molecule has 0 aliphatic carbocycles. The Hall–Kier alpha value is -4.75. The van der Waals surface area contributed by atoms with E-state index in [0.717, 1.165) is 0 Å². The molecule has 320 valence electrons. The maximum Gasteiger partial charge on any atom is 0.333 e. The minimum absolute atomic E-state index is 0. The van der Waals surface area contributed by atoms with Crippen LogP contribution in [0.1, 0.15) is 46.5 Å². The highest BCUT2D eigenvalue weighted by molar-refractivity contribution is 5.87. The molecular formula is C37H55Br2N5O13. The topological polar surface area (TPSA) is 219 Å². The number of imidazole rings is 2. The van der Waals surface area contributed by atoms with Crippen molar-refractivity contribution in [2.75, 3.05) is 52.8 Å². The zero-order valence-corrected chi connectivity index (χ0v) is 35.9. The largest absolute Gasteiger partial charge is 1.00 e. The zero-order valence-electron chi connectivity index (χ0n) is 32.8. The first-order chi connectivity index (χ1) is 26.2. The van der Waals surface area contributed by atoms with E-state index in [-0.39, 0.29) is 112 Å². The highest BCUT2D eigenvalue weighted by atomic mass is 79.9. The molecular weight excluding hydrogens is 882 g/mol. The molecule has 0 bridgehead atoms. The summed E-state index contributed by atoms with van der Waals surface area (Å²) in [4.78, 5) is 69.2. The third-order valence-corrected chi connectivity index (χ3v) is 6.50. The summed E-state index contributed by atoms with van der Waals surface area (Å²) < 4.78 is 32.2. The third-order valence-electron chi connectivity index (χ3n) is 6.50. The van der Waals surface area contributed by atoms with E-state index in [2.05, 4.69) is 29.5 Å². The van der Waals surface area contributed by atoms with Crippen LogP contribution in [0, 0.1) is 0 Å². The van der Waals surface area contributed by atoms with Gasteiger partial charge >= 0.3 is 29.8 Å². The van der Waals surface area contributed by atoms with Crippen molar-refractivity contribution in [1.82, 2.24) is 9.13 Å². The number of nitrogens with zero attached hydrogens (tertiary/aromatic N) is 5. The number of rotatable bonds is 24. The number of carbonyl (C=O) groups excluding carboxylic acids is 6. The van der Waals surface area contributed by atoms with E-state index in [1.54, 1.807) is 20.8 Å². The number of aliphatic hydroxyl groups excluding tert-OH is 2. The zero-order chi connectivity index (χ0) is 41.4. The lowest BCUT2D eigenvalue weighted by molar-refractivity contribution is -0.697. The molecule has 2 aromatic heterocycles. The van der Waals surface area contributed by atoms with E-state index in [9.17, 15) is 28.8 Å². The van der Waals surface area contributed by atoms with Gasteiger partial charge in [-0.1, -0.05) is 19.7 Å². The van der Waals surface area contributed by atoms with Crippen LogP contribution in [0.25, 0.3) is 0 Å². The van der Waals surface area contributed by atoms with E-state index >= 15 is 0 Å². The number of aliphatic imine (C=N–C) groups is 1. The van der Waals surface area contributed by atoms with E-state index in [4.69, 9.17) is 29.2 Å². The number of carbonyl (C=O) groups is 5. The Bertz CT molecular complexity index is 1500. The molecule has 0 aliphatic rings. The second kappa shape index (κ2) is 35.6. The van der Waals surface area contributed by atoms with Crippen LogP contribution < -0.4 is 43.1 Å². The van der Waals surface area contributed by atoms with Gasteiger partial charge in [-0.25, -0.2) is 42.4 Å². The Kier molecular flexibility index (Phi) is 35.4. The van der Waals surface area contributed by atoms with Crippen LogP contribution in [0.3, 0.4) is 0 Å². The molecule has 0 spiro atoms. The molecule has 57 heavy (non-hydrogen) atoms. The first kappa shape index (κ1) is 56.6. The number of esters is 5. The van der Waals surface area contributed by atoms with Gasteiger partial charge in [0.25, 0.3) is 0 Å². The number of hydrogen-bond donors (Lipinski definition) is 2. The van der Waals surface area contributed by atoms with Gasteiger partial charge in [0, 0.05) is 29.6 Å². The molecule has 0 unspecified atom stereocenters. The number of aromatic nitrogens is 4. The normalized spacial score (nSPS) is 9.49. The van der Waals surface area contributed by atoms with Crippen molar-refractivity contribution in [1.29, 1.82) is 0 Å². The average molecular weight is 938 g/mol. The predicted octanol–water partition coefficient (Wildman–Crippen LogP) is -5.13. The lowest BCUT2D eigenvalue weighted by Gasteiger charge is -2.05. The van der Waals surface area contributed by atoms with Crippen LogP contribution in [0.5, 0.6) is 0 Å². The minimum atomic E-state index is -0.472. The van der Waals surface area contributed by atoms with Gasteiger partial charge in [0.2, 0.25) is 18.7 Å². The van der Waals surface area contributed by atoms with Crippen molar-refractivity contribution >= 4 is 35.9 Å². The molecule has 2 N–H and O–H groups in total. The molecule has 2 heterocycles. The molecule has 20 heteroatoms. The molecule has 0 radical (unpaired) electrons. The standard InChI is InChI=1S/C23H33N2O8.C7H13N2O2.C7H9NO3.2BrH/c1-18(2)22(28)32-13-5-7-20(26)30-15-11-24-9-10-25(17-24)12-16-31-21(27)8-6-14-33-23(29)19(3)4;10-5-3-8-1-2-9(7-8)4-6-11;1-6(2)7(10)11-4-3-8-5-9;;/h9-10,17H,1,3,5-8,11-16H2,2,4H3;1-2,7,10-11H,3-6H2;1,3-4H2,2H3;2*1H/q2*+1;;;/p-2. The third kappa shape index (κ3) is 31.1. The monoisotopic (exact) mass is 935 g/mol. The fraction of sp³-hybridized carbons (Fsp3) is 0.514. The van der Waals surface area contributed by atoms with Crippen LogP contribution in [-0.2, 0) is 78.6 Å². The molecule has 0 aromatic carbocycles. The van der Waals surface area contributed by atoms with Crippen LogP contribution in [0.15, 0.2) is 78.9 Å². The van der Waals surface area contributed by atoms with Gasteiger partial charge in [0.05, 0.1) is 33.0 Å². The summed E-state index contributed by atoms with van der Waals surface area (Å²) in [6.45, 7) is 18.4. The second-order valence-corrected chi connectivity index (χ2v) is 11.6. The summed E-state index contributed by atoms with van der Waals surface area (Å²) in [5.41, 5.74) is 0.970. The summed E-state index contributed by atoms with van der Waals surface area (Å²) in [6, 6.07) is 0. The van der Waals surface area contributed by atoms with Gasteiger partial charge in [0.15, 0.2) is 0 Å². The molecule has 0 saturated carbocycles. The van der Waals surface area contributed by atoms with Crippen molar-refractivity contribution in [3.63, 3.8) is 0 Å². The first-order valence-electron chi connectivity index (χ1n) is 17.4. The molecule has 2 rings (SSSR count). The highest BCUT2D eigenvalue weighted by Gasteiger charge is 2.10. The molecule has 0 atom stereocenters. The summed E-state index contributed by atoms with van der Waals surface area (Å²) in [5, 5.41) is 17.2. The second-order valence-electron chi connectivity index (χ2n) is 11.6. The van der Waals surface area contributed by atoms with Crippen LogP contribution in [0.2, 0.25) is 0 Å². The lowest BCUT2D eigenvalue weighted by Crippen LogP contribution is -3.00. The predicted molar refractivity (Wildman–Crippen MR) is 194 cm³/mol. The first-order valence-corrected chi connectivity index (χ1v) is 17.4. The number of aliphatic hydroxyl groups is 2. The molecule has 0 fully saturated rings. The summed E-state index contributed by atoms with van der Waals surface area (Å²) in [6.07, 6.45) is 13.5. The Morgan fingerprint density at radius 1 is 0.632 bits per heavy atom. The Morgan fingerprint density at radius 2 is 1.07 bits per heavy atom. The van der Waals surface area contributed by atoms with Gasteiger partial charge in [-0.15, -0.1) is 0 Å². The van der Waals surface area contributed by atoms with Gasteiger partial charge in [0.1, 0.15) is 70.8 Å². The minimum Gasteiger partial charge on any atom is -1.00 e. The van der Waals surface area contributed by atoms with E-state index in [1.165, 1.54) is 6.08 Å². The summed E-state index contributed by atoms with van der Waals surface area (Å²) in [7, 11) is 0. The number of ether oxygens (including phenoxy) is 5. The van der Waals surface area contributed by atoms with Gasteiger partial charge in [-0.05, 0) is 33.6 Å². The van der Waals surface area contributed by atoms with E-state index < -0.39 is 17.9 Å². The number of isocyanates is 1. The fourth-order valence-corrected chi connectivity index (χ4v) is 3.67. The molecule has 0 saturated heterocycles.